The molecule has 1 aromatic carbocycles. The number of hydrogen-bond donors (Lipinski definition) is 0. The Hall–Kier alpha value is -1.90. The number of ether oxygens (including phenoxy) is 1. The number of fused-ring (bicyclic) bond motifs is 1. The fourth-order valence-corrected chi connectivity index (χ4v) is 1.22. The maximum atomic E-state index is 11.2. The molecule has 3 nitrogen and oxygen atoms in total. The summed E-state index contributed by atoms with van der Waals surface area (Å²) in [5.74, 6) is -0.417. The second kappa shape index (κ2) is 3.46. The van der Waals surface area contributed by atoms with Crippen molar-refractivity contribution in [2.45, 2.75) is 0 Å². The van der Waals surface area contributed by atoms with Crippen LogP contribution in [0.3, 0.4) is 0 Å². The van der Waals surface area contributed by atoms with Gasteiger partial charge in [0.25, 0.3) is 0 Å². The highest BCUT2D eigenvalue weighted by molar-refractivity contribution is 5.90. The molecule has 0 unspecified atom stereocenters. The third-order valence-corrected chi connectivity index (χ3v) is 1.93. The van der Waals surface area contributed by atoms with Gasteiger partial charge in [0, 0.05) is 5.39 Å². The van der Waals surface area contributed by atoms with Gasteiger partial charge in [-0.3, -0.25) is 0 Å². The number of nitrogens with zero attached hydrogens (tertiary/aromatic N) is 1. The van der Waals surface area contributed by atoms with E-state index in [1.807, 2.05) is 18.2 Å². The molecule has 2 rings (SSSR count). The van der Waals surface area contributed by atoms with E-state index in [0.717, 1.165) is 10.9 Å². The quantitative estimate of drug-likeness (QED) is 0.638. The van der Waals surface area contributed by atoms with Crippen LogP contribution in [-0.4, -0.2) is 18.1 Å². The van der Waals surface area contributed by atoms with Crippen molar-refractivity contribution in [3.63, 3.8) is 0 Å². The number of hydrogen-bond acceptors (Lipinski definition) is 3. The highest BCUT2D eigenvalue weighted by atomic mass is 16.5. The Morgan fingerprint density at radius 3 is 3.07 bits per heavy atom. The summed E-state index contributed by atoms with van der Waals surface area (Å²) in [5.41, 5.74) is 1.10. The Morgan fingerprint density at radius 1 is 1.43 bits per heavy atom. The molecule has 0 amide bonds. The number of esters is 1. The molecule has 1 aromatic heterocycles. The van der Waals surface area contributed by atoms with Gasteiger partial charge in [0.15, 0.2) is 0 Å². The Balaban J connectivity index is 2.56. The van der Waals surface area contributed by atoms with Crippen LogP contribution in [0.15, 0.2) is 30.3 Å². The van der Waals surface area contributed by atoms with Crippen LogP contribution >= 0.6 is 0 Å². The van der Waals surface area contributed by atoms with E-state index in [1.165, 1.54) is 7.11 Å². The molecular formula is C11H8NO2. The van der Waals surface area contributed by atoms with E-state index in [0.29, 0.717) is 5.69 Å². The summed E-state index contributed by atoms with van der Waals surface area (Å²) in [5, 5.41) is 0.958. The summed E-state index contributed by atoms with van der Waals surface area (Å²) in [7, 11) is 1.34. The van der Waals surface area contributed by atoms with E-state index in [9.17, 15) is 4.79 Å². The number of methoxy groups -OCH3 is 1. The van der Waals surface area contributed by atoms with E-state index >= 15 is 0 Å². The molecule has 0 atom stereocenters. The Labute approximate surface area is 81.3 Å². The van der Waals surface area contributed by atoms with Crippen LogP contribution in [0, 0.1) is 6.07 Å². The lowest BCUT2D eigenvalue weighted by Gasteiger charge is -2.00. The standard InChI is InChI=1S/C11H8NO2/c1-14-11(13)10-7-6-8-4-2-3-5-9(8)12-10/h3-7H,1H3. The van der Waals surface area contributed by atoms with Gasteiger partial charge in [-0.15, -0.1) is 0 Å². The maximum absolute atomic E-state index is 11.2. The third-order valence-electron chi connectivity index (χ3n) is 1.93. The number of carbonyl (C=O) groups excluding carboxylic acids is 1. The molecule has 0 bridgehead atoms. The van der Waals surface area contributed by atoms with Gasteiger partial charge in [0.1, 0.15) is 5.69 Å². The Morgan fingerprint density at radius 2 is 2.29 bits per heavy atom. The number of benzene rings is 1. The maximum Gasteiger partial charge on any atom is 0.356 e. The van der Waals surface area contributed by atoms with Gasteiger partial charge in [0.2, 0.25) is 0 Å². The molecule has 0 saturated heterocycles. The summed E-state index contributed by atoms with van der Waals surface area (Å²) >= 11 is 0. The lowest BCUT2D eigenvalue weighted by molar-refractivity contribution is 0.0594. The van der Waals surface area contributed by atoms with Crippen LogP contribution < -0.4 is 0 Å². The SMILES string of the molecule is COC(=O)c1ccc2c[c]ccc2n1. The van der Waals surface area contributed by atoms with E-state index in [4.69, 9.17) is 0 Å². The van der Waals surface area contributed by atoms with Gasteiger partial charge in [-0.1, -0.05) is 12.1 Å². The van der Waals surface area contributed by atoms with Gasteiger partial charge in [0.05, 0.1) is 12.6 Å². The van der Waals surface area contributed by atoms with E-state index < -0.39 is 5.97 Å². The number of pyridine rings is 1. The van der Waals surface area contributed by atoms with Gasteiger partial charge in [-0.05, 0) is 24.3 Å². The first kappa shape index (κ1) is 8.69. The lowest BCUT2D eigenvalue weighted by Crippen LogP contribution is -2.03. The molecule has 0 saturated carbocycles. The molecule has 14 heavy (non-hydrogen) atoms. The topological polar surface area (TPSA) is 39.2 Å². The average Bonchev–Trinajstić information content (AvgIpc) is 2.27. The molecule has 0 aliphatic heterocycles. The molecule has 0 fully saturated rings. The Kier molecular flexibility index (Phi) is 2.14. The van der Waals surface area contributed by atoms with E-state index in [2.05, 4.69) is 15.8 Å². The highest BCUT2D eigenvalue weighted by Crippen LogP contribution is 2.11. The second-order valence-corrected chi connectivity index (χ2v) is 2.81. The number of rotatable bonds is 1. The summed E-state index contributed by atoms with van der Waals surface area (Å²) in [6.45, 7) is 0. The van der Waals surface area contributed by atoms with Crippen molar-refractivity contribution in [1.29, 1.82) is 0 Å². The largest absolute Gasteiger partial charge is 0.464 e. The van der Waals surface area contributed by atoms with Crippen LogP contribution in [0.5, 0.6) is 0 Å². The monoisotopic (exact) mass is 186 g/mol. The van der Waals surface area contributed by atoms with Gasteiger partial charge < -0.3 is 4.74 Å². The van der Waals surface area contributed by atoms with Crippen LogP contribution in [0.2, 0.25) is 0 Å². The first-order valence-corrected chi connectivity index (χ1v) is 4.16. The smallest absolute Gasteiger partial charge is 0.356 e. The van der Waals surface area contributed by atoms with Crippen molar-refractivity contribution in [2.24, 2.45) is 0 Å². The van der Waals surface area contributed by atoms with Crippen molar-refractivity contribution in [2.75, 3.05) is 7.11 Å². The van der Waals surface area contributed by atoms with Crippen molar-refractivity contribution in [3.05, 3.63) is 42.1 Å². The number of aromatic nitrogens is 1. The van der Waals surface area contributed by atoms with E-state index in [-0.39, 0.29) is 0 Å². The molecule has 0 spiro atoms. The molecule has 0 aliphatic rings. The third kappa shape index (κ3) is 1.44. The minimum atomic E-state index is -0.417. The summed E-state index contributed by atoms with van der Waals surface area (Å²) in [6.07, 6.45) is 0. The lowest BCUT2D eigenvalue weighted by atomic mass is 10.2. The van der Waals surface area contributed by atoms with Gasteiger partial charge in [-0.2, -0.15) is 0 Å². The zero-order valence-electron chi connectivity index (χ0n) is 7.65. The van der Waals surface area contributed by atoms with Gasteiger partial charge in [-0.25, -0.2) is 9.78 Å². The van der Waals surface area contributed by atoms with Crippen LogP contribution in [0.25, 0.3) is 10.9 Å². The average molecular weight is 186 g/mol. The van der Waals surface area contributed by atoms with Gasteiger partial charge >= 0.3 is 5.97 Å². The molecule has 1 radical (unpaired) electrons. The van der Waals surface area contributed by atoms with Crippen molar-refractivity contribution in [1.82, 2.24) is 4.98 Å². The molecule has 1 heterocycles. The predicted octanol–water partition coefficient (Wildman–Crippen LogP) is 1.82. The zero-order chi connectivity index (χ0) is 9.97. The number of carbonyl (C=O) groups is 1. The predicted molar refractivity (Wildman–Crippen MR) is 51.9 cm³/mol. The minimum Gasteiger partial charge on any atom is -0.464 e. The first-order valence-electron chi connectivity index (χ1n) is 4.16. The van der Waals surface area contributed by atoms with Crippen molar-refractivity contribution < 1.29 is 9.53 Å². The Bertz CT molecular complexity index is 479. The fraction of sp³-hybridized carbons (Fsp3) is 0.0909. The first-order chi connectivity index (χ1) is 6.81. The van der Waals surface area contributed by atoms with Crippen LogP contribution in [-0.2, 0) is 4.74 Å². The molecule has 69 valence electrons. The zero-order valence-corrected chi connectivity index (χ0v) is 7.65. The highest BCUT2D eigenvalue weighted by Gasteiger charge is 2.06. The molecule has 0 aliphatic carbocycles. The second-order valence-electron chi connectivity index (χ2n) is 2.81. The van der Waals surface area contributed by atoms with Crippen molar-refractivity contribution in [3.8, 4) is 0 Å². The molecule has 2 aromatic rings. The summed E-state index contributed by atoms with van der Waals surface area (Å²) in [6, 6.07) is 11.8. The normalized spacial score (nSPS) is 10.1. The van der Waals surface area contributed by atoms with Crippen LogP contribution in [0.1, 0.15) is 10.5 Å². The molecule has 3 heteroatoms. The van der Waals surface area contributed by atoms with Crippen molar-refractivity contribution >= 4 is 16.9 Å². The molecule has 0 N–H and O–H groups in total. The van der Waals surface area contributed by atoms with Crippen LogP contribution in [0.4, 0.5) is 0 Å². The fourth-order valence-electron chi connectivity index (χ4n) is 1.22. The summed E-state index contributed by atoms with van der Waals surface area (Å²) < 4.78 is 4.58. The van der Waals surface area contributed by atoms with E-state index in [1.54, 1.807) is 12.1 Å². The summed E-state index contributed by atoms with van der Waals surface area (Å²) in [4.78, 5) is 15.3. The minimum absolute atomic E-state index is 0.325. The molecular weight excluding hydrogens is 178 g/mol.